The average molecular weight is 1090 g/mol. The molecule has 11 heteroatoms. The number of anilines is 3. The minimum absolute atomic E-state index is 0.137. The number of ether oxygens (including phenoxy) is 4. The van der Waals surface area contributed by atoms with E-state index in [-0.39, 0.29) is 5.70 Å². The van der Waals surface area contributed by atoms with Crippen molar-refractivity contribution in [1.82, 2.24) is 0 Å². The van der Waals surface area contributed by atoms with Gasteiger partial charge in [0.05, 0.1) is 37.7 Å². The molecule has 0 spiro atoms. The molecular formula is C66H74N2O6S3. The molecule has 3 aromatic heterocycles. The van der Waals surface area contributed by atoms with Crippen molar-refractivity contribution in [2.75, 3.05) is 31.3 Å². The number of carbonyl (C=O) groups is 1. The Morgan fingerprint density at radius 3 is 1.48 bits per heavy atom. The molecule has 1 N–H and O–H groups in total. The maximum absolute atomic E-state index is 11.4. The summed E-state index contributed by atoms with van der Waals surface area (Å²) in [6.45, 7) is 19.2. The summed E-state index contributed by atoms with van der Waals surface area (Å²) < 4.78 is 29.2. The summed E-state index contributed by atoms with van der Waals surface area (Å²) in [5.41, 5.74) is 7.45. The Balaban J connectivity index is 1.13. The Labute approximate surface area is 468 Å². The molecule has 0 saturated heterocycles. The largest absolute Gasteiger partial charge is 0.493 e. The highest BCUT2D eigenvalue weighted by molar-refractivity contribution is 7.35. The van der Waals surface area contributed by atoms with Crippen molar-refractivity contribution in [2.45, 2.75) is 130 Å². The van der Waals surface area contributed by atoms with E-state index in [2.05, 4.69) is 147 Å². The standard InChI is InChI=1S/C66H74N2O6S3/c1-6-10-14-18-38-71-52-31-34-54(58(43-52)73-40-20-16-12-8-3)47-22-26-49(27-23-47)68(50-28-24-48(25-29-50)55-35-32-53(72-39-19-15-11-7-2)44-59(55)74-41-21-17-13-9-4)51-30-33-56-62(42-51)76-64-46-63(77-66(56)64)61-37-36-60(75-61)57(67-5)45-65(69)70/h22-37,42-46H,6-21,38-41H2,1-4H3,(H,69,70)/b57-45-. The van der Waals surface area contributed by atoms with Crippen molar-refractivity contribution >= 4 is 82.2 Å². The number of carboxylic acid groups (broad SMARTS) is 1. The van der Waals surface area contributed by atoms with Crippen molar-refractivity contribution in [1.29, 1.82) is 0 Å². The van der Waals surface area contributed by atoms with Gasteiger partial charge in [-0.2, -0.15) is 0 Å². The van der Waals surface area contributed by atoms with Gasteiger partial charge in [-0.25, -0.2) is 9.64 Å². The van der Waals surface area contributed by atoms with Crippen LogP contribution in [0.25, 0.3) is 62.0 Å². The minimum atomic E-state index is -1.12. The van der Waals surface area contributed by atoms with E-state index in [1.165, 1.54) is 95.0 Å². The van der Waals surface area contributed by atoms with Crippen molar-refractivity contribution in [3.63, 3.8) is 0 Å². The number of unbranched alkanes of at least 4 members (excludes halogenated alkanes) is 12. The summed E-state index contributed by atoms with van der Waals surface area (Å²) in [5.74, 6) is 2.25. The number of carboxylic acids is 1. The number of nitrogens with zero attached hydrogens (tertiary/aromatic N) is 2. The number of hydrogen-bond donors (Lipinski definition) is 1. The molecule has 8 nitrogen and oxygen atoms in total. The molecule has 8 rings (SSSR count). The third kappa shape index (κ3) is 15.3. The van der Waals surface area contributed by atoms with Gasteiger partial charge in [0, 0.05) is 75.8 Å². The summed E-state index contributed by atoms with van der Waals surface area (Å²) in [4.78, 5) is 20.0. The van der Waals surface area contributed by atoms with Crippen molar-refractivity contribution in [3.8, 4) is 55.0 Å². The number of thiophene rings is 3. The molecule has 0 amide bonds. The zero-order chi connectivity index (χ0) is 53.8. The van der Waals surface area contributed by atoms with Crippen molar-refractivity contribution in [3.05, 3.63) is 144 Å². The maximum Gasteiger partial charge on any atom is 0.317 e. The van der Waals surface area contributed by atoms with Crippen LogP contribution in [0.1, 0.15) is 135 Å². The van der Waals surface area contributed by atoms with Crippen LogP contribution in [0, 0.1) is 6.57 Å². The highest BCUT2D eigenvalue weighted by Gasteiger charge is 2.20. The molecule has 402 valence electrons. The Bertz CT molecular complexity index is 3100. The number of hydrogen-bond acceptors (Lipinski definition) is 9. The second-order valence-corrected chi connectivity index (χ2v) is 22.8. The van der Waals surface area contributed by atoms with Crippen LogP contribution in [-0.2, 0) is 4.79 Å². The molecular weight excluding hydrogens is 1010 g/mol. The fraction of sp³-hybridized carbons (Fsp3) is 0.364. The number of rotatable bonds is 32. The number of aliphatic carboxylic acids is 1. The summed E-state index contributed by atoms with van der Waals surface area (Å²) in [6.07, 6.45) is 19.3. The van der Waals surface area contributed by atoms with Gasteiger partial charge in [0.15, 0.2) is 0 Å². The van der Waals surface area contributed by atoms with E-state index in [1.54, 1.807) is 22.7 Å². The average Bonchev–Trinajstić information content (AvgIpc) is 4.21. The molecule has 77 heavy (non-hydrogen) atoms. The van der Waals surface area contributed by atoms with Crippen molar-refractivity contribution < 1.29 is 28.8 Å². The second kappa shape index (κ2) is 29.2. The van der Waals surface area contributed by atoms with Crippen LogP contribution in [0.5, 0.6) is 23.0 Å². The fourth-order valence-corrected chi connectivity index (χ4v) is 13.1. The van der Waals surface area contributed by atoms with Gasteiger partial charge in [-0.3, -0.25) is 0 Å². The zero-order valence-electron chi connectivity index (χ0n) is 45.4. The van der Waals surface area contributed by atoms with Gasteiger partial charge in [-0.15, -0.1) is 34.0 Å². The van der Waals surface area contributed by atoms with Gasteiger partial charge in [-0.1, -0.05) is 141 Å². The van der Waals surface area contributed by atoms with Crippen LogP contribution < -0.4 is 23.8 Å². The summed E-state index contributed by atoms with van der Waals surface area (Å²) >= 11 is 4.95. The zero-order valence-corrected chi connectivity index (χ0v) is 47.8. The number of benzene rings is 5. The molecule has 0 fully saturated rings. The molecule has 0 radical (unpaired) electrons. The molecule has 3 heterocycles. The molecule has 0 unspecified atom stereocenters. The third-order valence-corrected chi connectivity index (χ3v) is 17.4. The van der Waals surface area contributed by atoms with Crippen LogP contribution in [0.3, 0.4) is 0 Å². The third-order valence-electron chi connectivity index (χ3n) is 13.7. The highest BCUT2D eigenvalue weighted by atomic mass is 32.1. The first-order valence-electron chi connectivity index (χ1n) is 28.0. The smallest absolute Gasteiger partial charge is 0.317 e. The molecule has 0 aliphatic rings. The summed E-state index contributed by atoms with van der Waals surface area (Å²) in [5, 5.41) is 10.5. The Morgan fingerprint density at radius 1 is 0.506 bits per heavy atom. The Morgan fingerprint density at radius 2 is 1.00 bits per heavy atom. The summed E-state index contributed by atoms with van der Waals surface area (Å²) in [7, 11) is 0. The molecule has 0 aliphatic heterocycles. The SMILES string of the molecule is [C-]#[N+]/C(=C\C(=O)O)c1ccc(-c2cc3sc4cc(N(c5ccc(-c6ccc(OCCCCCC)cc6OCCCCCC)cc5)c5ccc(-c6ccc(OCCCCCC)cc6OCCCCCC)cc5)ccc4c3s2)s1. The van der Waals surface area contributed by atoms with Crippen molar-refractivity contribution in [2.24, 2.45) is 0 Å². The van der Waals surface area contributed by atoms with E-state index in [0.717, 1.165) is 117 Å². The lowest BCUT2D eigenvalue weighted by Gasteiger charge is -2.26. The molecule has 5 aromatic carbocycles. The first-order chi connectivity index (χ1) is 37.8. The predicted molar refractivity (Wildman–Crippen MR) is 327 cm³/mol. The lowest BCUT2D eigenvalue weighted by molar-refractivity contribution is -0.131. The molecule has 0 atom stereocenters. The topological polar surface area (TPSA) is 81.8 Å². The molecule has 0 bridgehead atoms. The van der Waals surface area contributed by atoms with E-state index < -0.39 is 5.97 Å². The van der Waals surface area contributed by atoms with Gasteiger partial charge in [0.2, 0.25) is 5.70 Å². The lowest BCUT2D eigenvalue weighted by Crippen LogP contribution is -2.09. The quantitative estimate of drug-likeness (QED) is 0.0256. The van der Waals surface area contributed by atoms with Crippen LogP contribution in [0.4, 0.5) is 17.1 Å². The van der Waals surface area contributed by atoms with Crippen LogP contribution in [-0.4, -0.2) is 37.5 Å². The highest BCUT2D eigenvalue weighted by Crippen LogP contribution is 2.48. The van der Waals surface area contributed by atoms with E-state index in [1.807, 2.05) is 12.1 Å². The fourth-order valence-electron chi connectivity index (χ4n) is 9.47. The molecule has 0 aliphatic carbocycles. The van der Waals surface area contributed by atoms with Crippen LogP contribution in [0.2, 0.25) is 0 Å². The predicted octanol–water partition coefficient (Wildman–Crippen LogP) is 20.8. The van der Waals surface area contributed by atoms with Gasteiger partial charge in [0.25, 0.3) is 0 Å². The van der Waals surface area contributed by atoms with Gasteiger partial charge < -0.3 is 29.0 Å². The van der Waals surface area contributed by atoms with Crippen LogP contribution >= 0.6 is 34.0 Å². The minimum Gasteiger partial charge on any atom is -0.493 e. The number of fused-ring (bicyclic) bond motifs is 3. The molecule has 0 saturated carbocycles. The lowest BCUT2D eigenvalue weighted by atomic mass is 10.0. The van der Waals surface area contributed by atoms with Gasteiger partial charge in [0.1, 0.15) is 23.0 Å². The molecule has 8 aromatic rings. The Kier molecular flexibility index (Phi) is 21.5. The Hall–Kier alpha value is -6.58. The van der Waals surface area contributed by atoms with E-state index >= 15 is 0 Å². The first-order valence-corrected chi connectivity index (χ1v) is 30.4. The van der Waals surface area contributed by atoms with E-state index in [0.29, 0.717) is 31.3 Å². The van der Waals surface area contributed by atoms with E-state index in [4.69, 9.17) is 25.5 Å². The first kappa shape index (κ1) is 56.6. The van der Waals surface area contributed by atoms with Gasteiger partial charge in [-0.05, 0) is 110 Å². The normalized spacial score (nSPS) is 11.5. The van der Waals surface area contributed by atoms with E-state index in [9.17, 15) is 9.90 Å². The van der Waals surface area contributed by atoms with Crippen LogP contribution in [0.15, 0.2) is 127 Å². The monoisotopic (exact) mass is 1090 g/mol. The van der Waals surface area contributed by atoms with Gasteiger partial charge >= 0.3 is 5.97 Å². The summed E-state index contributed by atoms with van der Waals surface area (Å²) in [6, 6.07) is 43.0. The second-order valence-electron chi connectivity index (χ2n) is 19.6. The maximum atomic E-state index is 11.4.